The summed E-state index contributed by atoms with van der Waals surface area (Å²) in [5.41, 5.74) is 11.6. The topological polar surface area (TPSA) is 125 Å². The lowest BCUT2D eigenvalue weighted by atomic mass is 10.1. The molecule has 0 aliphatic heterocycles. The van der Waals surface area contributed by atoms with Gasteiger partial charge in [-0.25, -0.2) is 4.79 Å². The molecule has 0 spiro atoms. The molecule has 0 fully saturated rings. The van der Waals surface area contributed by atoms with Gasteiger partial charge in [-0.2, -0.15) is 0 Å². The van der Waals surface area contributed by atoms with E-state index in [0.29, 0.717) is 11.1 Å². The molecule has 0 radical (unpaired) electrons. The normalized spacial score (nSPS) is 11.5. The van der Waals surface area contributed by atoms with E-state index in [1.807, 2.05) is 0 Å². The van der Waals surface area contributed by atoms with Gasteiger partial charge in [0.1, 0.15) is 0 Å². The van der Waals surface area contributed by atoms with Crippen molar-refractivity contribution in [2.45, 2.75) is 19.5 Å². The third-order valence-corrected chi connectivity index (χ3v) is 2.50. The fourth-order valence-corrected chi connectivity index (χ4v) is 1.47. The Morgan fingerprint density at radius 2 is 2.05 bits per heavy atom. The largest absolute Gasteiger partial charge is 0.464 e. The predicted octanol–water partition coefficient (Wildman–Crippen LogP) is -0.708. The van der Waals surface area contributed by atoms with Crippen molar-refractivity contribution in [3.63, 3.8) is 0 Å². The van der Waals surface area contributed by atoms with Crippen molar-refractivity contribution in [3.8, 4) is 0 Å². The second kappa shape index (κ2) is 7.25. The van der Waals surface area contributed by atoms with Crippen LogP contribution in [0.4, 0.5) is 0 Å². The van der Waals surface area contributed by atoms with Crippen LogP contribution in [0.25, 0.3) is 0 Å². The van der Waals surface area contributed by atoms with E-state index in [1.54, 1.807) is 31.2 Å². The average Bonchev–Trinajstić information content (AvgIpc) is 2.44. The number of carbonyl (C=O) groups excluding carboxylic acids is 3. The van der Waals surface area contributed by atoms with Crippen molar-refractivity contribution >= 4 is 17.8 Å². The second-order valence-electron chi connectivity index (χ2n) is 4.01. The first kappa shape index (κ1) is 15.6. The monoisotopic (exact) mass is 279 g/mol. The number of carbonyl (C=O) groups is 3. The Bertz CT molecular complexity index is 516. The van der Waals surface area contributed by atoms with Crippen LogP contribution in [-0.2, 0) is 20.9 Å². The molecule has 108 valence electrons. The van der Waals surface area contributed by atoms with Crippen LogP contribution in [0.1, 0.15) is 22.8 Å². The summed E-state index contributed by atoms with van der Waals surface area (Å²) in [6.45, 7) is 1.91. The van der Waals surface area contributed by atoms with E-state index in [-0.39, 0.29) is 13.2 Å². The molecule has 0 bridgehead atoms. The summed E-state index contributed by atoms with van der Waals surface area (Å²) >= 11 is 0. The molecule has 1 aromatic carbocycles. The summed E-state index contributed by atoms with van der Waals surface area (Å²) in [7, 11) is 0. The van der Waals surface area contributed by atoms with Crippen molar-refractivity contribution < 1.29 is 19.1 Å². The summed E-state index contributed by atoms with van der Waals surface area (Å²) in [4.78, 5) is 33.9. The van der Waals surface area contributed by atoms with Gasteiger partial charge in [-0.15, -0.1) is 0 Å². The molecule has 1 atom stereocenters. The molecule has 1 aromatic rings. The number of nitrogens with two attached hydrogens (primary N) is 2. The zero-order valence-corrected chi connectivity index (χ0v) is 11.1. The molecular formula is C13H17N3O4. The summed E-state index contributed by atoms with van der Waals surface area (Å²) < 4.78 is 4.64. The Balaban J connectivity index is 2.58. The molecule has 0 aromatic heterocycles. The summed E-state index contributed by atoms with van der Waals surface area (Å²) in [6.07, 6.45) is 0. The second-order valence-corrected chi connectivity index (χ2v) is 4.01. The van der Waals surface area contributed by atoms with E-state index in [1.165, 1.54) is 0 Å². The van der Waals surface area contributed by atoms with Crippen LogP contribution in [0.3, 0.4) is 0 Å². The highest BCUT2D eigenvalue weighted by Crippen LogP contribution is 2.04. The molecule has 7 nitrogen and oxygen atoms in total. The lowest BCUT2D eigenvalue weighted by molar-refractivity contribution is -0.148. The number of rotatable bonds is 6. The Hall–Kier alpha value is -2.41. The molecule has 2 amide bonds. The molecule has 0 aliphatic rings. The van der Waals surface area contributed by atoms with Crippen LogP contribution in [0.15, 0.2) is 24.3 Å². The fourth-order valence-electron chi connectivity index (χ4n) is 1.47. The smallest absolute Gasteiger partial charge is 0.332 e. The van der Waals surface area contributed by atoms with Gasteiger partial charge in [-0.1, -0.05) is 12.1 Å². The highest BCUT2D eigenvalue weighted by molar-refractivity contribution is 6.01. The van der Waals surface area contributed by atoms with Crippen molar-refractivity contribution in [2.24, 2.45) is 11.5 Å². The molecule has 1 unspecified atom stereocenters. The number of esters is 1. The number of nitrogens with one attached hydrogen (secondary N) is 1. The number of ether oxygens (including phenoxy) is 1. The number of benzene rings is 1. The first-order valence-corrected chi connectivity index (χ1v) is 6.04. The Morgan fingerprint density at radius 3 is 2.65 bits per heavy atom. The maximum atomic E-state index is 11.6. The van der Waals surface area contributed by atoms with Crippen LogP contribution in [0.2, 0.25) is 0 Å². The lowest BCUT2D eigenvalue weighted by Crippen LogP contribution is -2.46. The molecular weight excluding hydrogens is 262 g/mol. The van der Waals surface area contributed by atoms with Gasteiger partial charge in [0.05, 0.1) is 6.61 Å². The van der Waals surface area contributed by atoms with Crippen LogP contribution in [-0.4, -0.2) is 30.4 Å². The average molecular weight is 279 g/mol. The van der Waals surface area contributed by atoms with Crippen LogP contribution in [0, 0.1) is 0 Å². The van der Waals surface area contributed by atoms with Crippen LogP contribution >= 0.6 is 0 Å². The maximum Gasteiger partial charge on any atom is 0.332 e. The Labute approximate surface area is 116 Å². The van der Waals surface area contributed by atoms with Gasteiger partial charge in [0.25, 0.3) is 0 Å². The molecule has 5 N–H and O–H groups in total. The number of amides is 2. The third-order valence-electron chi connectivity index (χ3n) is 2.50. The van der Waals surface area contributed by atoms with Gasteiger partial charge in [-0.3, -0.25) is 9.59 Å². The summed E-state index contributed by atoms with van der Waals surface area (Å²) in [6, 6.07) is 5.11. The standard InChI is InChI=1S/C13H17N3O4/c1-2-20-13(19)10(14)12(18)16-7-8-4-3-5-9(6-8)11(15)17/h3-6,10H,2,7,14H2,1H3,(H2,15,17)(H,16,18). The van der Waals surface area contributed by atoms with E-state index in [9.17, 15) is 14.4 Å². The van der Waals surface area contributed by atoms with Crippen LogP contribution < -0.4 is 16.8 Å². The van der Waals surface area contributed by atoms with E-state index >= 15 is 0 Å². The van der Waals surface area contributed by atoms with Gasteiger partial charge in [-0.05, 0) is 24.6 Å². The van der Waals surface area contributed by atoms with Crippen molar-refractivity contribution in [2.75, 3.05) is 6.61 Å². The van der Waals surface area contributed by atoms with Crippen molar-refractivity contribution in [1.29, 1.82) is 0 Å². The Kier molecular flexibility index (Phi) is 5.67. The third kappa shape index (κ3) is 4.36. The molecule has 0 saturated carbocycles. The minimum absolute atomic E-state index is 0.132. The Morgan fingerprint density at radius 1 is 1.35 bits per heavy atom. The molecule has 0 aliphatic carbocycles. The quantitative estimate of drug-likeness (QED) is 0.468. The minimum atomic E-state index is -1.37. The van der Waals surface area contributed by atoms with E-state index < -0.39 is 23.8 Å². The molecule has 20 heavy (non-hydrogen) atoms. The highest BCUT2D eigenvalue weighted by Gasteiger charge is 2.22. The summed E-state index contributed by atoms with van der Waals surface area (Å²) in [5, 5.41) is 2.49. The number of primary amides is 1. The van der Waals surface area contributed by atoms with E-state index in [0.717, 1.165) is 0 Å². The maximum absolute atomic E-state index is 11.6. The molecule has 0 heterocycles. The van der Waals surface area contributed by atoms with Gasteiger partial charge in [0.2, 0.25) is 11.8 Å². The first-order chi connectivity index (χ1) is 9.45. The van der Waals surface area contributed by atoms with Gasteiger partial charge in [0, 0.05) is 12.1 Å². The lowest BCUT2D eigenvalue weighted by Gasteiger charge is -2.11. The highest BCUT2D eigenvalue weighted by atomic mass is 16.5. The molecule has 0 saturated heterocycles. The first-order valence-electron chi connectivity index (χ1n) is 6.04. The number of hydrogen-bond acceptors (Lipinski definition) is 5. The van der Waals surface area contributed by atoms with Crippen molar-refractivity contribution in [3.05, 3.63) is 35.4 Å². The minimum Gasteiger partial charge on any atom is -0.464 e. The number of hydrogen-bond donors (Lipinski definition) is 3. The van der Waals surface area contributed by atoms with Gasteiger partial charge < -0.3 is 21.5 Å². The SMILES string of the molecule is CCOC(=O)C(N)C(=O)NCc1cccc(C(N)=O)c1. The zero-order chi connectivity index (χ0) is 15.1. The zero-order valence-electron chi connectivity index (χ0n) is 11.1. The van der Waals surface area contributed by atoms with Crippen LogP contribution in [0.5, 0.6) is 0 Å². The fraction of sp³-hybridized carbons (Fsp3) is 0.308. The van der Waals surface area contributed by atoms with E-state index in [2.05, 4.69) is 10.1 Å². The molecule has 7 heteroatoms. The van der Waals surface area contributed by atoms with Gasteiger partial charge in [0.15, 0.2) is 6.04 Å². The summed E-state index contributed by atoms with van der Waals surface area (Å²) in [5.74, 6) is -1.98. The predicted molar refractivity (Wildman–Crippen MR) is 71.4 cm³/mol. The van der Waals surface area contributed by atoms with E-state index in [4.69, 9.17) is 11.5 Å². The van der Waals surface area contributed by atoms with Gasteiger partial charge >= 0.3 is 5.97 Å². The van der Waals surface area contributed by atoms with Crippen molar-refractivity contribution in [1.82, 2.24) is 5.32 Å². The molecule has 1 rings (SSSR count).